The van der Waals surface area contributed by atoms with Gasteiger partial charge in [-0.25, -0.2) is 18.5 Å². The van der Waals surface area contributed by atoms with E-state index in [0.29, 0.717) is 0 Å². The lowest BCUT2D eigenvalue weighted by Crippen LogP contribution is -2.16. The number of sulfonamides is 1. The zero-order valence-electron chi connectivity index (χ0n) is 11.5. The minimum Gasteiger partial charge on any atom is -0.366 e. The zero-order valence-corrected chi connectivity index (χ0v) is 13.9. The average molecular weight is 399 g/mol. The van der Waals surface area contributed by atoms with Gasteiger partial charge in [0.2, 0.25) is 15.9 Å². The Morgan fingerprint density at radius 1 is 1.13 bits per heavy atom. The molecule has 2 amide bonds. The quantitative estimate of drug-likeness (QED) is 0.698. The molecular formula is C13H11BrN4O4S. The lowest BCUT2D eigenvalue weighted by molar-refractivity contribution is 0.0995. The van der Waals surface area contributed by atoms with Gasteiger partial charge in [-0.3, -0.25) is 9.59 Å². The van der Waals surface area contributed by atoms with E-state index in [2.05, 4.69) is 26.2 Å². The molecule has 0 saturated carbocycles. The van der Waals surface area contributed by atoms with Crippen LogP contribution in [0.15, 0.2) is 45.9 Å². The van der Waals surface area contributed by atoms with Gasteiger partial charge < -0.3 is 11.1 Å². The Labute approximate surface area is 140 Å². The highest BCUT2D eigenvalue weighted by molar-refractivity contribution is 9.10. The van der Waals surface area contributed by atoms with E-state index in [4.69, 9.17) is 10.9 Å². The van der Waals surface area contributed by atoms with Crippen molar-refractivity contribution in [2.24, 2.45) is 10.9 Å². The van der Waals surface area contributed by atoms with Crippen molar-refractivity contribution in [2.75, 3.05) is 5.32 Å². The van der Waals surface area contributed by atoms with Gasteiger partial charge in [-0.05, 0) is 46.3 Å². The normalized spacial score (nSPS) is 11.0. The van der Waals surface area contributed by atoms with Crippen molar-refractivity contribution in [3.63, 3.8) is 0 Å². The number of amides is 2. The van der Waals surface area contributed by atoms with Crippen LogP contribution in [0.4, 0.5) is 5.82 Å². The molecule has 0 aliphatic rings. The molecular weight excluding hydrogens is 388 g/mol. The second-order valence-electron chi connectivity index (χ2n) is 4.44. The molecule has 1 aromatic carbocycles. The highest BCUT2D eigenvalue weighted by Crippen LogP contribution is 2.22. The molecule has 0 aliphatic heterocycles. The molecule has 120 valence electrons. The predicted octanol–water partition coefficient (Wildman–Crippen LogP) is 0.843. The van der Waals surface area contributed by atoms with Gasteiger partial charge in [-0.2, -0.15) is 0 Å². The molecule has 0 bridgehead atoms. The lowest BCUT2D eigenvalue weighted by Gasteiger charge is -2.07. The molecule has 0 fully saturated rings. The number of carbonyl (C=O) groups is 2. The summed E-state index contributed by atoms with van der Waals surface area (Å²) in [6.07, 6.45) is 1.03. The molecule has 0 saturated heterocycles. The fourth-order valence-electron chi connectivity index (χ4n) is 1.67. The first kappa shape index (κ1) is 17.1. The van der Waals surface area contributed by atoms with Gasteiger partial charge in [0.1, 0.15) is 10.7 Å². The van der Waals surface area contributed by atoms with Crippen LogP contribution in [0.3, 0.4) is 0 Å². The van der Waals surface area contributed by atoms with Crippen molar-refractivity contribution in [3.8, 4) is 0 Å². The van der Waals surface area contributed by atoms with Crippen LogP contribution >= 0.6 is 15.9 Å². The Morgan fingerprint density at radius 3 is 2.17 bits per heavy atom. The molecule has 0 unspecified atom stereocenters. The molecule has 1 aromatic heterocycles. The number of nitrogens with two attached hydrogens (primary N) is 2. The predicted molar refractivity (Wildman–Crippen MR) is 86.2 cm³/mol. The monoisotopic (exact) mass is 398 g/mol. The first-order valence-corrected chi connectivity index (χ1v) is 8.42. The summed E-state index contributed by atoms with van der Waals surface area (Å²) in [6.45, 7) is 0. The third-order valence-corrected chi connectivity index (χ3v) is 4.66. The van der Waals surface area contributed by atoms with E-state index in [9.17, 15) is 18.0 Å². The molecule has 10 heteroatoms. The smallest absolute Gasteiger partial charge is 0.256 e. The van der Waals surface area contributed by atoms with Gasteiger partial charge in [0.05, 0.1) is 6.20 Å². The van der Waals surface area contributed by atoms with Crippen LogP contribution in [0.25, 0.3) is 0 Å². The number of hydrogen-bond donors (Lipinski definition) is 3. The molecule has 2 aromatic rings. The van der Waals surface area contributed by atoms with Crippen LogP contribution < -0.4 is 16.2 Å². The van der Waals surface area contributed by atoms with Crippen molar-refractivity contribution in [3.05, 3.63) is 52.1 Å². The lowest BCUT2D eigenvalue weighted by atomic mass is 10.1. The van der Waals surface area contributed by atoms with E-state index < -0.39 is 21.8 Å². The van der Waals surface area contributed by atoms with Crippen molar-refractivity contribution >= 4 is 43.6 Å². The maximum absolute atomic E-state index is 12.1. The van der Waals surface area contributed by atoms with Crippen LogP contribution in [0.1, 0.15) is 20.7 Å². The number of primary sulfonamides is 1. The molecule has 0 aliphatic carbocycles. The van der Waals surface area contributed by atoms with E-state index in [1.54, 1.807) is 0 Å². The average Bonchev–Trinajstić information content (AvgIpc) is 2.46. The Hall–Kier alpha value is -2.30. The molecule has 8 nitrogen and oxygen atoms in total. The summed E-state index contributed by atoms with van der Waals surface area (Å²) in [7, 11) is -3.91. The van der Waals surface area contributed by atoms with Gasteiger partial charge in [-0.15, -0.1) is 0 Å². The number of carbonyl (C=O) groups excluding carboxylic acids is 2. The first-order chi connectivity index (χ1) is 10.7. The maximum atomic E-state index is 12.1. The number of aromatic nitrogens is 1. The van der Waals surface area contributed by atoms with Crippen LogP contribution in [-0.4, -0.2) is 25.2 Å². The zero-order chi connectivity index (χ0) is 17.2. The summed E-state index contributed by atoms with van der Waals surface area (Å²) in [5.41, 5.74) is 5.67. The van der Waals surface area contributed by atoms with Gasteiger partial charge >= 0.3 is 0 Å². The topological polar surface area (TPSA) is 145 Å². The summed E-state index contributed by atoms with van der Waals surface area (Å²) < 4.78 is 22.7. The van der Waals surface area contributed by atoms with Crippen LogP contribution in [0, 0.1) is 0 Å². The third kappa shape index (κ3) is 4.12. The summed E-state index contributed by atoms with van der Waals surface area (Å²) in [6, 6.07) is 7.02. The number of benzene rings is 1. The van der Waals surface area contributed by atoms with Crippen molar-refractivity contribution in [2.45, 2.75) is 4.90 Å². The van der Waals surface area contributed by atoms with E-state index in [1.165, 1.54) is 30.3 Å². The molecule has 23 heavy (non-hydrogen) atoms. The van der Waals surface area contributed by atoms with Gasteiger partial charge in [0.15, 0.2) is 0 Å². The molecule has 5 N–H and O–H groups in total. The highest BCUT2D eigenvalue weighted by Gasteiger charge is 2.15. The number of pyridine rings is 1. The number of anilines is 1. The number of halogens is 1. The first-order valence-electron chi connectivity index (χ1n) is 6.08. The van der Waals surface area contributed by atoms with Crippen molar-refractivity contribution in [1.82, 2.24) is 4.98 Å². The van der Waals surface area contributed by atoms with Crippen molar-refractivity contribution < 1.29 is 18.0 Å². The standard InChI is InChI=1S/C13H11BrN4O4S/c14-9-5-11(17-6-10(9)23(16,21)22)18-13(20)8-3-1-7(2-4-8)12(15)19/h1-6H,(H2,15,19)(H2,16,21,22)(H,17,18,20). The van der Waals surface area contributed by atoms with Gasteiger partial charge in [0, 0.05) is 15.6 Å². The van der Waals surface area contributed by atoms with E-state index in [-0.39, 0.29) is 26.3 Å². The summed E-state index contributed by atoms with van der Waals surface area (Å²) >= 11 is 3.05. The van der Waals surface area contributed by atoms with Crippen molar-refractivity contribution in [1.29, 1.82) is 0 Å². The van der Waals surface area contributed by atoms with Crippen LogP contribution in [0.5, 0.6) is 0 Å². The number of hydrogen-bond acceptors (Lipinski definition) is 5. The number of rotatable bonds is 4. The minimum atomic E-state index is -3.91. The van der Waals surface area contributed by atoms with Gasteiger partial charge in [0.25, 0.3) is 5.91 Å². The Morgan fingerprint density at radius 2 is 1.70 bits per heavy atom. The van der Waals surface area contributed by atoms with E-state index >= 15 is 0 Å². The summed E-state index contributed by atoms with van der Waals surface area (Å²) in [4.78, 5) is 26.7. The Bertz CT molecular complexity index is 881. The second kappa shape index (κ2) is 6.44. The molecule has 0 spiro atoms. The fourth-order valence-corrected chi connectivity index (χ4v) is 3.20. The van der Waals surface area contributed by atoms with E-state index in [0.717, 1.165) is 6.20 Å². The molecule has 0 radical (unpaired) electrons. The maximum Gasteiger partial charge on any atom is 0.256 e. The van der Waals surface area contributed by atoms with Gasteiger partial charge in [-0.1, -0.05) is 0 Å². The Balaban J connectivity index is 2.20. The van der Waals surface area contributed by atoms with Crippen LogP contribution in [-0.2, 0) is 10.0 Å². The molecule has 2 rings (SSSR count). The highest BCUT2D eigenvalue weighted by atomic mass is 79.9. The summed E-state index contributed by atoms with van der Waals surface area (Å²) in [5, 5.41) is 7.51. The number of nitrogens with zero attached hydrogens (tertiary/aromatic N) is 1. The number of primary amides is 1. The Kier molecular flexibility index (Phi) is 4.78. The molecule has 0 atom stereocenters. The summed E-state index contributed by atoms with van der Waals surface area (Å²) in [5.74, 6) is -0.946. The number of nitrogens with one attached hydrogen (secondary N) is 1. The van der Waals surface area contributed by atoms with Crippen LogP contribution in [0.2, 0.25) is 0 Å². The third-order valence-electron chi connectivity index (χ3n) is 2.80. The fraction of sp³-hybridized carbons (Fsp3) is 0. The molecule has 1 heterocycles. The largest absolute Gasteiger partial charge is 0.366 e. The SMILES string of the molecule is NC(=O)c1ccc(C(=O)Nc2cc(Br)c(S(N)(=O)=O)cn2)cc1. The second-order valence-corrected chi connectivity index (χ2v) is 6.82. The minimum absolute atomic E-state index is 0.133. The van der Waals surface area contributed by atoms with E-state index in [1.807, 2.05) is 0 Å².